The molecule has 3 aromatic rings. The van der Waals surface area contributed by atoms with E-state index >= 15 is 0 Å². The lowest BCUT2D eigenvalue weighted by Gasteiger charge is -2.08. The molecule has 0 saturated carbocycles. The number of carbonyl (C=O) groups excluding carboxylic acids is 2. The minimum atomic E-state index is -0.692. The van der Waals surface area contributed by atoms with Gasteiger partial charge in [-0.05, 0) is 66.1 Å². The first-order chi connectivity index (χ1) is 18.4. The van der Waals surface area contributed by atoms with Crippen LogP contribution in [-0.2, 0) is 16.0 Å². The molecule has 3 rings (SSSR count). The van der Waals surface area contributed by atoms with Crippen molar-refractivity contribution in [3.63, 3.8) is 0 Å². The molecule has 3 aromatic carbocycles. The fraction of sp³-hybridized carbons (Fsp3) is 0.267. The van der Waals surface area contributed by atoms with Gasteiger partial charge < -0.3 is 25.7 Å². The quantitative estimate of drug-likeness (QED) is 0.101. The highest BCUT2D eigenvalue weighted by Gasteiger charge is 2.13. The number of carbonyl (C=O) groups is 2. The van der Waals surface area contributed by atoms with E-state index in [2.05, 4.69) is 0 Å². The summed E-state index contributed by atoms with van der Waals surface area (Å²) in [6, 6.07) is 15.7. The summed E-state index contributed by atoms with van der Waals surface area (Å²) in [4.78, 5) is 24.3. The average molecular weight is 523 g/mol. The fourth-order valence-corrected chi connectivity index (χ4v) is 3.20. The number of rotatable bonds is 11. The lowest BCUT2D eigenvalue weighted by atomic mass is 10.1. The van der Waals surface area contributed by atoms with Crippen LogP contribution >= 0.6 is 0 Å². The number of unbranched alkanes of at least 4 members (excludes halogenated alkanes) is 1. The molecule has 0 atom stereocenters. The zero-order valence-electron chi connectivity index (χ0n) is 22.0. The second-order valence-corrected chi connectivity index (χ2v) is 8.01. The summed E-state index contributed by atoms with van der Waals surface area (Å²) in [5.74, 6) is -1.43. The SMILES string of the molecule is CC.CCCCOc1ccc(C(=O)Oc2ccc(/C=C/C(=O)OCCc3ccc(N)cc3N)cc2)cc1F. The summed E-state index contributed by atoms with van der Waals surface area (Å²) in [7, 11) is 0. The number of nitrogens with two attached hydrogens (primary N) is 2. The number of hydrogen-bond acceptors (Lipinski definition) is 7. The van der Waals surface area contributed by atoms with Crippen LogP contribution in [0.2, 0.25) is 0 Å². The topological polar surface area (TPSA) is 114 Å². The predicted octanol–water partition coefficient (Wildman–Crippen LogP) is 6.21. The summed E-state index contributed by atoms with van der Waals surface area (Å²) in [5.41, 5.74) is 14.3. The maximum atomic E-state index is 14.2. The first-order valence-corrected chi connectivity index (χ1v) is 12.6. The zero-order valence-corrected chi connectivity index (χ0v) is 22.0. The Labute approximate surface area is 223 Å². The van der Waals surface area contributed by atoms with Crippen molar-refractivity contribution in [1.82, 2.24) is 0 Å². The van der Waals surface area contributed by atoms with Gasteiger partial charge in [-0.25, -0.2) is 14.0 Å². The van der Waals surface area contributed by atoms with Crippen molar-refractivity contribution in [1.29, 1.82) is 0 Å². The van der Waals surface area contributed by atoms with E-state index in [0.717, 1.165) is 24.5 Å². The van der Waals surface area contributed by atoms with Crippen molar-refractivity contribution in [2.45, 2.75) is 40.0 Å². The Balaban J connectivity index is 0.00000247. The van der Waals surface area contributed by atoms with Gasteiger partial charge in [-0.15, -0.1) is 0 Å². The predicted molar refractivity (Wildman–Crippen MR) is 149 cm³/mol. The van der Waals surface area contributed by atoms with Gasteiger partial charge in [0, 0.05) is 23.9 Å². The molecule has 38 heavy (non-hydrogen) atoms. The molecule has 0 fully saturated rings. The van der Waals surface area contributed by atoms with Gasteiger partial charge in [-0.1, -0.05) is 45.4 Å². The lowest BCUT2D eigenvalue weighted by Crippen LogP contribution is -2.09. The Morgan fingerprint density at radius 1 is 0.947 bits per heavy atom. The molecule has 202 valence electrons. The van der Waals surface area contributed by atoms with Gasteiger partial charge in [0.2, 0.25) is 0 Å². The van der Waals surface area contributed by atoms with Crippen molar-refractivity contribution in [2.75, 3.05) is 24.7 Å². The number of ether oxygens (including phenoxy) is 3. The molecule has 0 spiro atoms. The number of anilines is 2. The van der Waals surface area contributed by atoms with E-state index in [9.17, 15) is 14.0 Å². The van der Waals surface area contributed by atoms with Crippen LogP contribution in [0.1, 0.15) is 55.1 Å². The summed E-state index contributed by atoms with van der Waals surface area (Å²) in [6.45, 7) is 6.60. The number of nitrogen functional groups attached to an aromatic ring is 2. The summed E-state index contributed by atoms with van der Waals surface area (Å²) >= 11 is 0. The van der Waals surface area contributed by atoms with E-state index in [1.165, 1.54) is 18.2 Å². The standard InChI is InChI=1S/C28H29FN2O5.C2H6/c1-2-3-15-34-26-12-8-21(17-24(26)29)28(33)36-23-10-4-19(5-11-23)6-13-27(32)35-16-14-20-7-9-22(30)18-25(20)31;1-2/h4-13,17-18H,2-3,14-16,30-31H2,1H3;1-2H3/b13-6+;. The maximum absolute atomic E-state index is 14.2. The van der Waals surface area contributed by atoms with Gasteiger partial charge in [0.15, 0.2) is 11.6 Å². The normalized spacial score (nSPS) is 10.4. The molecule has 0 aliphatic rings. The third-order valence-corrected chi connectivity index (χ3v) is 5.21. The van der Waals surface area contributed by atoms with Crippen LogP contribution in [0, 0.1) is 5.82 Å². The smallest absolute Gasteiger partial charge is 0.343 e. The number of halogens is 1. The largest absolute Gasteiger partial charge is 0.491 e. The van der Waals surface area contributed by atoms with E-state index in [4.69, 9.17) is 25.7 Å². The summed E-state index contributed by atoms with van der Waals surface area (Å²) in [6.07, 6.45) is 5.12. The maximum Gasteiger partial charge on any atom is 0.343 e. The average Bonchev–Trinajstić information content (AvgIpc) is 2.91. The zero-order chi connectivity index (χ0) is 27.9. The highest BCUT2D eigenvalue weighted by atomic mass is 19.1. The molecule has 0 aromatic heterocycles. The third kappa shape index (κ3) is 9.61. The first kappa shape index (κ1) is 29.9. The molecule has 0 saturated heterocycles. The minimum absolute atomic E-state index is 0.0720. The fourth-order valence-electron chi connectivity index (χ4n) is 3.20. The molecule has 0 radical (unpaired) electrons. The van der Waals surface area contributed by atoms with E-state index < -0.39 is 17.8 Å². The molecule has 4 N–H and O–H groups in total. The Bertz CT molecular complexity index is 1230. The molecule has 8 heteroatoms. The highest BCUT2D eigenvalue weighted by Crippen LogP contribution is 2.21. The molecule has 0 unspecified atom stereocenters. The molecular weight excluding hydrogens is 487 g/mol. The highest BCUT2D eigenvalue weighted by molar-refractivity contribution is 5.91. The van der Waals surface area contributed by atoms with Gasteiger partial charge in [-0.2, -0.15) is 0 Å². The van der Waals surface area contributed by atoms with Crippen LogP contribution in [0.4, 0.5) is 15.8 Å². The molecule has 0 bridgehead atoms. The van der Waals surface area contributed by atoms with Gasteiger partial charge in [0.1, 0.15) is 5.75 Å². The van der Waals surface area contributed by atoms with Gasteiger partial charge in [0.25, 0.3) is 0 Å². The van der Waals surface area contributed by atoms with E-state index in [0.29, 0.717) is 30.0 Å². The molecular formula is C30H35FN2O5. The van der Waals surface area contributed by atoms with Crippen LogP contribution < -0.4 is 20.9 Å². The van der Waals surface area contributed by atoms with Crippen LogP contribution in [0.3, 0.4) is 0 Å². The first-order valence-electron chi connectivity index (χ1n) is 12.6. The van der Waals surface area contributed by atoms with Crippen LogP contribution in [0.25, 0.3) is 6.08 Å². The lowest BCUT2D eigenvalue weighted by molar-refractivity contribution is -0.137. The molecule has 0 aliphatic heterocycles. The van der Waals surface area contributed by atoms with E-state index in [-0.39, 0.29) is 23.7 Å². The second kappa shape index (κ2) is 15.7. The molecule has 7 nitrogen and oxygen atoms in total. The Hall–Kier alpha value is -4.33. The van der Waals surface area contributed by atoms with Gasteiger partial charge in [0.05, 0.1) is 18.8 Å². The number of esters is 2. The monoisotopic (exact) mass is 522 g/mol. The van der Waals surface area contributed by atoms with Gasteiger partial charge >= 0.3 is 11.9 Å². The Kier molecular flexibility index (Phi) is 12.4. The van der Waals surface area contributed by atoms with Crippen LogP contribution in [0.15, 0.2) is 66.7 Å². The van der Waals surface area contributed by atoms with Crippen molar-refractivity contribution in [2.24, 2.45) is 0 Å². The van der Waals surface area contributed by atoms with Crippen LogP contribution in [0.5, 0.6) is 11.5 Å². The molecule has 0 amide bonds. The Morgan fingerprint density at radius 2 is 1.68 bits per heavy atom. The van der Waals surface area contributed by atoms with E-state index in [1.807, 2.05) is 20.8 Å². The third-order valence-electron chi connectivity index (χ3n) is 5.21. The van der Waals surface area contributed by atoms with Crippen molar-refractivity contribution >= 4 is 29.4 Å². The second-order valence-electron chi connectivity index (χ2n) is 8.01. The van der Waals surface area contributed by atoms with Gasteiger partial charge in [-0.3, -0.25) is 0 Å². The van der Waals surface area contributed by atoms with Crippen LogP contribution in [-0.4, -0.2) is 25.2 Å². The molecule has 0 heterocycles. The Morgan fingerprint density at radius 3 is 2.34 bits per heavy atom. The minimum Gasteiger partial charge on any atom is -0.491 e. The van der Waals surface area contributed by atoms with Crippen molar-refractivity contribution < 1.29 is 28.2 Å². The number of hydrogen-bond donors (Lipinski definition) is 2. The number of benzene rings is 3. The molecule has 0 aliphatic carbocycles. The summed E-state index contributed by atoms with van der Waals surface area (Å²) < 4.78 is 30.1. The van der Waals surface area contributed by atoms with Crippen molar-refractivity contribution in [3.05, 3.63) is 89.2 Å². The summed E-state index contributed by atoms with van der Waals surface area (Å²) in [5, 5.41) is 0. The van der Waals surface area contributed by atoms with Crippen molar-refractivity contribution in [3.8, 4) is 11.5 Å². The van der Waals surface area contributed by atoms with E-state index in [1.54, 1.807) is 48.5 Å².